The van der Waals surface area contributed by atoms with Crippen LogP contribution in [0.5, 0.6) is 5.75 Å². The van der Waals surface area contributed by atoms with Gasteiger partial charge in [0.1, 0.15) is 18.2 Å². The van der Waals surface area contributed by atoms with E-state index < -0.39 is 0 Å². The number of carbonyl (C=O) groups excluding carboxylic acids is 1. The number of hydrogen-bond donors (Lipinski definition) is 0. The second-order valence-electron chi connectivity index (χ2n) is 7.76. The average molecular weight is 420 g/mol. The zero-order valence-corrected chi connectivity index (χ0v) is 17.4. The Hall–Kier alpha value is -3.25. The molecule has 1 amide bonds. The molecule has 1 saturated heterocycles. The zero-order chi connectivity index (χ0) is 21.5. The van der Waals surface area contributed by atoms with Crippen LogP contribution in [0.25, 0.3) is 0 Å². The van der Waals surface area contributed by atoms with E-state index >= 15 is 0 Å². The molecule has 4 rings (SSSR count). The Bertz CT molecular complexity index is 1000. The summed E-state index contributed by atoms with van der Waals surface area (Å²) in [5.74, 6) is 0.667. The minimum Gasteiger partial charge on any atom is -0.489 e. The van der Waals surface area contributed by atoms with E-state index in [2.05, 4.69) is 16.0 Å². The fraction of sp³-hybridized carbons (Fsp3) is 0.280. The lowest BCUT2D eigenvalue weighted by Crippen LogP contribution is -2.48. The van der Waals surface area contributed by atoms with Gasteiger partial charge in [0, 0.05) is 45.1 Å². The fourth-order valence-electron chi connectivity index (χ4n) is 3.73. The van der Waals surface area contributed by atoms with Gasteiger partial charge in [0.25, 0.3) is 0 Å². The summed E-state index contributed by atoms with van der Waals surface area (Å²) in [5.41, 5.74) is 2.91. The number of pyridine rings is 1. The third-order valence-corrected chi connectivity index (χ3v) is 5.40. The summed E-state index contributed by atoms with van der Waals surface area (Å²) in [6.07, 6.45) is 3.87. The molecule has 5 nitrogen and oxygen atoms in total. The Morgan fingerprint density at radius 1 is 0.935 bits per heavy atom. The van der Waals surface area contributed by atoms with Gasteiger partial charge in [-0.3, -0.25) is 14.7 Å². The van der Waals surface area contributed by atoms with E-state index in [4.69, 9.17) is 4.74 Å². The molecule has 2 heterocycles. The Labute approximate surface area is 182 Å². The number of ether oxygens (including phenoxy) is 1. The van der Waals surface area contributed by atoms with E-state index in [1.54, 1.807) is 18.5 Å². The lowest BCUT2D eigenvalue weighted by atomic mass is 10.1. The molecule has 6 heteroatoms. The summed E-state index contributed by atoms with van der Waals surface area (Å²) < 4.78 is 19.2. The van der Waals surface area contributed by atoms with E-state index in [-0.39, 0.29) is 11.7 Å². The first-order chi connectivity index (χ1) is 15.2. The average Bonchev–Trinajstić information content (AvgIpc) is 2.79. The molecule has 31 heavy (non-hydrogen) atoms. The van der Waals surface area contributed by atoms with Crippen molar-refractivity contribution in [1.29, 1.82) is 0 Å². The van der Waals surface area contributed by atoms with Gasteiger partial charge in [-0.05, 0) is 47.0 Å². The van der Waals surface area contributed by atoms with Crippen LogP contribution < -0.4 is 4.74 Å². The van der Waals surface area contributed by atoms with Gasteiger partial charge in [0.15, 0.2) is 0 Å². The Kier molecular flexibility index (Phi) is 6.89. The molecule has 0 radical (unpaired) electrons. The van der Waals surface area contributed by atoms with Gasteiger partial charge in [0.2, 0.25) is 5.91 Å². The quantitative estimate of drug-likeness (QED) is 0.586. The molecule has 1 aliphatic rings. The van der Waals surface area contributed by atoms with Crippen molar-refractivity contribution in [2.75, 3.05) is 26.2 Å². The smallest absolute Gasteiger partial charge is 0.227 e. The van der Waals surface area contributed by atoms with Crippen LogP contribution in [0.2, 0.25) is 0 Å². The molecule has 0 aliphatic carbocycles. The molecule has 1 aliphatic heterocycles. The van der Waals surface area contributed by atoms with Gasteiger partial charge < -0.3 is 9.64 Å². The number of amides is 1. The maximum atomic E-state index is 13.3. The first-order valence-electron chi connectivity index (χ1n) is 10.5. The number of piperazine rings is 1. The summed E-state index contributed by atoms with van der Waals surface area (Å²) in [6.45, 7) is 4.28. The molecule has 0 N–H and O–H groups in total. The lowest BCUT2D eigenvalue weighted by Gasteiger charge is -2.34. The maximum Gasteiger partial charge on any atom is 0.227 e. The topological polar surface area (TPSA) is 45.7 Å². The van der Waals surface area contributed by atoms with Crippen molar-refractivity contribution >= 4 is 5.91 Å². The van der Waals surface area contributed by atoms with Crippen LogP contribution in [0.15, 0.2) is 73.1 Å². The number of halogens is 1. The molecule has 1 fully saturated rings. The fourth-order valence-corrected chi connectivity index (χ4v) is 3.73. The van der Waals surface area contributed by atoms with E-state index in [9.17, 15) is 9.18 Å². The number of carbonyl (C=O) groups is 1. The van der Waals surface area contributed by atoms with Crippen LogP contribution in [0.1, 0.15) is 16.7 Å². The Morgan fingerprint density at radius 3 is 2.48 bits per heavy atom. The van der Waals surface area contributed by atoms with E-state index in [1.807, 2.05) is 41.3 Å². The Morgan fingerprint density at radius 2 is 1.71 bits per heavy atom. The molecule has 0 saturated carbocycles. The third kappa shape index (κ3) is 6.12. The van der Waals surface area contributed by atoms with Crippen LogP contribution in [-0.2, 0) is 24.4 Å². The first-order valence-corrected chi connectivity index (χ1v) is 10.5. The van der Waals surface area contributed by atoms with E-state index in [1.165, 1.54) is 12.1 Å². The number of rotatable bonds is 7. The van der Waals surface area contributed by atoms with Crippen molar-refractivity contribution in [2.24, 2.45) is 0 Å². The summed E-state index contributed by atoms with van der Waals surface area (Å²) in [6, 6.07) is 18.2. The SMILES string of the molecule is O=C(Cc1cccnc1)N1CCN(Cc2cccc(OCc3cccc(F)c3)c2)CC1. The van der Waals surface area contributed by atoms with Gasteiger partial charge in [0.05, 0.1) is 6.42 Å². The Balaban J connectivity index is 1.25. The minimum atomic E-state index is -0.257. The van der Waals surface area contributed by atoms with Crippen LogP contribution >= 0.6 is 0 Å². The highest BCUT2D eigenvalue weighted by Gasteiger charge is 2.21. The monoisotopic (exact) mass is 419 g/mol. The molecule has 3 aromatic rings. The number of hydrogen-bond acceptors (Lipinski definition) is 4. The predicted octanol–water partition coefficient (Wildman–Crippen LogP) is 3.69. The van der Waals surface area contributed by atoms with Crippen molar-refractivity contribution in [3.8, 4) is 5.75 Å². The normalized spacial score (nSPS) is 14.4. The molecule has 0 unspecified atom stereocenters. The highest BCUT2D eigenvalue weighted by atomic mass is 19.1. The predicted molar refractivity (Wildman–Crippen MR) is 117 cm³/mol. The van der Waals surface area contributed by atoms with Crippen LogP contribution in [0.4, 0.5) is 4.39 Å². The van der Waals surface area contributed by atoms with Crippen molar-refractivity contribution < 1.29 is 13.9 Å². The molecular formula is C25H26FN3O2. The van der Waals surface area contributed by atoms with Gasteiger partial charge >= 0.3 is 0 Å². The van der Waals surface area contributed by atoms with Crippen molar-refractivity contribution in [2.45, 2.75) is 19.6 Å². The second kappa shape index (κ2) is 10.2. The number of benzene rings is 2. The highest BCUT2D eigenvalue weighted by Crippen LogP contribution is 2.18. The third-order valence-electron chi connectivity index (χ3n) is 5.40. The van der Waals surface area contributed by atoms with Gasteiger partial charge in [-0.1, -0.05) is 30.3 Å². The van der Waals surface area contributed by atoms with Crippen molar-refractivity contribution in [1.82, 2.24) is 14.8 Å². The van der Waals surface area contributed by atoms with Gasteiger partial charge in [-0.15, -0.1) is 0 Å². The van der Waals surface area contributed by atoms with E-state index in [0.29, 0.717) is 13.0 Å². The second-order valence-corrected chi connectivity index (χ2v) is 7.76. The molecule has 0 atom stereocenters. The highest BCUT2D eigenvalue weighted by molar-refractivity contribution is 5.78. The standard InChI is InChI=1S/C25H26FN3O2/c26-23-7-1-5-22(14-23)19-31-24-8-2-4-21(15-24)18-28-10-12-29(13-11-28)25(30)16-20-6-3-9-27-17-20/h1-9,14-15,17H,10-13,16,18-19H2. The molecule has 0 spiro atoms. The molecular weight excluding hydrogens is 393 g/mol. The van der Waals surface area contributed by atoms with E-state index in [0.717, 1.165) is 55.2 Å². The molecule has 0 bridgehead atoms. The summed E-state index contributed by atoms with van der Waals surface area (Å²) in [5, 5.41) is 0. The molecule has 160 valence electrons. The summed E-state index contributed by atoms with van der Waals surface area (Å²) >= 11 is 0. The minimum absolute atomic E-state index is 0.153. The van der Waals surface area contributed by atoms with Crippen molar-refractivity contribution in [3.63, 3.8) is 0 Å². The molecule has 1 aromatic heterocycles. The van der Waals surface area contributed by atoms with Crippen LogP contribution in [0, 0.1) is 5.82 Å². The lowest BCUT2D eigenvalue weighted by molar-refractivity contribution is -0.132. The number of aromatic nitrogens is 1. The van der Waals surface area contributed by atoms with Crippen LogP contribution in [0.3, 0.4) is 0 Å². The first kappa shape index (κ1) is 21.0. The van der Waals surface area contributed by atoms with Gasteiger partial charge in [-0.2, -0.15) is 0 Å². The summed E-state index contributed by atoms with van der Waals surface area (Å²) in [4.78, 5) is 20.9. The van der Waals surface area contributed by atoms with Crippen molar-refractivity contribution in [3.05, 3.63) is 95.6 Å². The van der Waals surface area contributed by atoms with Crippen LogP contribution in [-0.4, -0.2) is 46.9 Å². The van der Waals surface area contributed by atoms with Gasteiger partial charge in [-0.25, -0.2) is 4.39 Å². The zero-order valence-electron chi connectivity index (χ0n) is 17.4. The largest absolute Gasteiger partial charge is 0.489 e. The number of nitrogens with zero attached hydrogens (tertiary/aromatic N) is 3. The maximum absolute atomic E-state index is 13.3. The summed E-state index contributed by atoms with van der Waals surface area (Å²) in [7, 11) is 0. The molecule has 2 aromatic carbocycles.